The molecule has 2 aromatic rings. The minimum absolute atomic E-state index is 0.259. The molecule has 4 nitrogen and oxygen atoms in total. The first-order valence-corrected chi connectivity index (χ1v) is 8.05. The number of likely N-dealkylation sites (N-methyl/N-ethyl adjacent to an activating group) is 1. The smallest absolute Gasteiger partial charge is 0.225 e. The van der Waals surface area contributed by atoms with Crippen LogP contribution in [0.2, 0.25) is 5.28 Å². The Labute approximate surface area is 128 Å². The third kappa shape index (κ3) is 2.38. The predicted octanol–water partition coefficient (Wildman–Crippen LogP) is 3.55. The normalized spacial score (nSPS) is 17.4. The highest BCUT2D eigenvalue weighted by atomic mass is 35.5. The lowest BCUT2D eigenvalue weighted by atomic mass is 9.75. The summed E-state index contributed by atoms with van der Waals surface area (Å²) in [5, 5.41) is 4.88. The van der Waals surface area contributed by atoms with E-state index in [0.717, 1.165) is 22.6 Å². The van der Waals surface area contributed by atoms with E-state index in [4.69, 9.17) is 11.6 Å². The number of nitrogens with one attached hydrogen (secondary N) is 1. The Morgan fingerprint density at radius 2 is 2.15 bits per heavy atom. The molecule has 1 fully saturated rings. The largest absolute Gasteiger partial charge is 0.368 e. The van der Waals surface area contributed by atoms with E-state index < -0.39 is 0 Å². The third-order valence-corrected chi connectivity index (χ3v) is 5.42. The van der Waals surface area contributed by atoms with Crippen LogP contribution in [0.3, 0.4) is 0 Å². The van der Waals surface area contributed by atoms with Crippen molar-refractivity contribution >= 4 is 39.0 Å². The van der Waals surface area contributed by atoms with Gasteiger partial charge in [0.05, 0.1) is 5.39 Å². The fourth-order valence-corrected chi connectivity index (χ4v) is 3.86. The van der Waals surface area contributed by atoms with Crippen LogP contribution in [-0.2, 0) is 0 Å². The minimum Gasteiger partial charge on any atom is -0.368 e. The van der Waals surface area contributed by atoms with Gasteiger partial charge in [0.25, 0.3) is 0 Å². The summed E-state index contributed by atoms with van der Waals surface area (Å²) in [5.41, 5.74) is 0.259. The molecule has 2 heterocycles. The van der Waals surface area contributed by atoms with Gasteiger partial charge >= 0.3 is 0 Å². The average molecular weight is 311 g/mol. The number of thiophene rings is 1. The predicted molar refractivity (Wildman–Crippen MR) is 85.9 cm³/mol. The van der Waals surface area contributed by atoms with Crippen molar-refractivity contribution in [1.29, 1.82) is 0 Å². The van der Waals surface area contributed by atoms with Crippen molar-refractivity contribution in [2.45, 2.75) is 31.7 Å². The second kappa shape index (κ2) is 5.13. The molecule has 6 heteroatoms. The lowest BCUT2D eigenvalue weighted by Gasteiger charge is -2.47. The van der Waals surface area contributed by atoms with Crippen LogP contribution in [0, 0.1) is 6.92 Å². The Kier molecular flexibility index (Phi) is 3.60. The minimum atomic E-state index is 0.259. The van der Waals surface area contributed by atoms with Gasteiger partial charge in [-0.1, -0.05) is 0 Å². The van der Waals surface area contributed by atoms with Crippen molar-refractivity contribution in [3.63, 3.8) is 0 Å². The molecule has 3 rings (SSSR count). The number of nitrogens with zero attached hydrogens (tertiary/aromatic N) is 3. The van der Waals surface area contributed by atoms with E-state index in [9.17, 15) is 0 Å². The van der Waals surface area contributed by atoms with E-state index in [0.29, 0.717) is 5.28 Å². The molecule has 20 heavy (non-hydrogen) atoms. The van der Waals surface area contributed by atoms with Crippen molar-refractivity contribution in [3.8, 4) is 0 Å². The summed E-state index contributed by atoms with van der Waals surface area (Å²) in [6, 6.07) is 2.13. The number of aromatic nitrogens is 2. The van der Waals surface area contributed by atoms with Gasteiger partial charge in [0.1, 0.15) is 10.6 Å². The highest BCUT2D eigenvalue weighted by molar-refractivity contribution is 7.18. The van der Waals surface area contributed by atoms with Gasteiger partial charge < -0.3 is 10.2 Å². The van der Waals surface area contributed by atoms with Gasteiger partial charge in [0.2, 0.25) is 5.28 Å². The summed E-state index contributed by atoms with van der Waals surface area (Å²) in [6.07, 6.45) is 3.77. The highest BCUT2D eigenvalue weighted by Crippen LogP contribution is 2.37. The zero-order valence-corrected chi connectivity index (χ0v) is 13.6. The zero-order valence-electron chi connectivity index (χ0n) is 12.0. The molecule has 2 aromatic heterocycles. The first-order chi connectivity index (χ1) is 9.50. The standard InChI is InChI=1S/C14H19ClN4S/c1-9-7-10-11(17-13(15)18-12(10)20-9)16-8-14(19(2)3)5-4-6-14/h7H,4-6,8H2,1-3H3,(H,16,17,18). The summed E-state index contributed by atoms with van der Waals surface area (Å²) in [5.74, 6) is 0.859. The molecule has 108 valence electrons. The molecular weight excluding hydrogens is 292 g/mol. The molecule has 0 saturated heterocycles. The Balaban J connectivity index is 1.87. The maximum atomic E-state index is 6.03. The first-order valence-electron chi connectivity index (χ1n) is 6.85. The van der Waals surface area contributed by atoms with E-state index in [2.05, 4.69) is 47.3 Å². The topological polar surface area (TPSA) is 41.0 Å². The molecule has 1 N–H and O–H groups in total. The van der Waals surface area contributed by atoms with E-state index in [1.165, 1.54) is 24.1 Å². The van der Waals surface area contributed by atoms with Gasteiger partial charge in [-0.15, -0.1) is 11.3 Å². The number of anilines is 1. The summed E-state index contributed by atoms with van der Waals surface area (Å²) in [4.78, 5) is 13.2. The first kappa shape index (κ1) is 14.0. The maximum absolute atomic E-state index is 6.03. The summed E-state index contributed by atoms with van der Waals surface area (Å²) in [7, 11) is 4.30. The lowest BCUT2D eigenvalue weighted by molar-refractivity contribution is 0.0738. The average Bonchev–Trinajstić information content (AvgIpc) is 2.67. The van der Waals surface area contributed by atoms with Crippen LogP contribution in [0.4, 0.5) is 5.82 Å². The van der Waals surface area contributed by atoms with Crippen LogP contribution in [0.15, 0.2) is 6.07 Å². The van der Waals surface area contributed by atoms with E-state index in [-0.39, 0.29) is 5.54 Å². The highest BCUT2D eigenvalue weighted by Gasteiger charge is 2.38. The Morgan fingerprint density at radius 3 is 2.75 bits per heavy atom. The number of fused-ring (bicyclic) bond motifs is 1. The van der Waals surface area contributed by atoms with Crippen LogP contribution < -0.4 is 5.32 Å². The molecule has 0 unspecified atom stereocenters. The van der Waals surface area contributed by atoms with E-state index in [1.807, 2.05) is 0 Å². The fraction of sp³-hybridized carbons (Fsp3) is 0.571. The number of hydrogen-bond donors (Lipinski definition) is 1. The summed E-state index contributed by atoms with van der Waals surface area (Å²) < 4.78 is 0. The Hall–Kier alpha value is -0.910. The van der Waals surface area contributed by atoms with Crippen LogP contribution in [0.25, 0.3) is 10.2 Å². The maximum Gasteiger partial charge on any atom is 0.225 e. The summed E-state index contributed by atoms with van der Waals surface area (Å²) in [6.45, 7) is 2.98. The number of halogens is 1. The SMILES string of the molecule is Cc1cc2c(NCC3(N(C)C)CCC3)nc(Cl)nc2s1. The van der Waals surface area contributed by atoms with Crippen molar-refractivity contribution in [1.82, 2.24) is 14.9 Å². The summed E-state index contributed by atoms with van der Waals surface area (Å²) >= 11 is 7.68. The monoisotopic (exact) mass is 310 g/mol. The fourth-order valence-electron chi connectivity index (χ4n) is 2.77. The molecular formula is C14H19ClN4S. The Morgan fingerprint density at radius 1 is 1.40 bits per heavy atom. The molecule has 0 radical (unpaired) electrons. The molecule has 0 amide bonds. The number of aryl methyl sites for hydroxylation is 1. The van der Waals surface area contributed by atoms with Crippen molar-refractivity contribution in [2.24, 2.45) is 0 Å². The molecule has 1 aliphatic carbocycles. The second-order valence-corrected chi connectivity index (χ2v) is 7.32. The van der Waals surface area contributed by atoms with Crippen LogP contribution in [0.1, 0.15) is 24.1 Å². The quantitative estimate of drug-likeness (QED) is 0.877. The number of rotatable bonds is 4. The van der Waals surface area contributed by atoms with Gasteiger partial charge in [-0.2, -0.15) is 0 Å². The molecule has 0 spiro atoms. The molecule has 1 saturated carbocycles. The molecule has 0 bridgehead atoms. The van der Waals surface area contributed by atoms with Crippen LogP contribution in [-0.4, -0.2) is 41.0 Å². The van der Waals surface area contributed by atoms with Gasteiger partial charge in [-0.3, -0.25) is 0 Å². The molecule has 0 atom stereocenters. The Bertz CT molecular complexity index is 633. The molecule has 0 aliphatic heterocycles. The molecule has 0 aromatic carbocycles. The van der Waals surface area contributed by atoms with Gasteiger partial charge in [0.15, 0.2) is 0 Å². The van der Waals surface area contributed by atoms with E-state index in [1.54, 1.807) is 11.3 Å². The third-order valence-electron chi connectivity index (χ3n) is 4.31. The van der Waals surface area contributed by atoms with Crippen LogP contribution in [0.5, 0.6) is 0 Å². The lowest BCUT2D eigenvalue weighted by Crippen LogP contribution is -2.54. The van der Waals surface area contributed by atoms with Crippen molar-refractivity contribution in [2.75, 3.05) is 26.0 Å². The van der Waals surface area contributed by atoms with Gasteiger partial charge in [-0.25, -0.2) is 9.97 Å². The van der Waals surface area contributed by atoms with Crippen LogP contribution >= 0.6 is 22.9 Å². The van der Waals surface area contributed by atoms with Gasteiger partial charge in [-0.05, 0) is 57.9 Å². The second-order valence-electron chi connectivity index (χ2n) is 5.74. The van der Waals surface area contributed by atoms with Crippen molar-refractivity contribution < 1.29 is 0 Å². The number of hydrogen-bond acceptors (Lipinski definition) is 5. The van der Waals surface area contributed by atoms with Crippen molar-refractivity contribution in [3.05, 3.63) is 16.2 Å². The van der Waals surface area contributed by atoms with E-state index >= 15 is 0 Å². The van der Waals surface area contributed by atoms with Gasteiger partial charge in [0, 0.05) is 17.0 Å². The zero-order chi connectivity index (χ0) is 14.3. The molecule has 1 aliphatic rings.